The van der Waals surface area contributed by atoms with Crippen molar-refractivity contribution in [3.63, 3.8) is 0 Å². The zero-order valence-corrected chi connectivity index (χ0v) is 15.8. The quantitative estimate of drug-likeness (QED) is 0.511. The van der Waals surface area contributed by atoms with Crippen LogP contribution in [0.1, 0.15) is 29.8 Å². The van der Waals surface area contributed by atoms with Crippen molar-refractivity contribution in [3.05, 3.63) is 62.9 Å². The van der Waals surface area contributed by atoms with Gasteiger partial charge in [-0.15, -0.1) is 0 Å². The SMILES string of the molecule is CCOC(=O)c1c2n(c3nc(Cl)ccc3c1=O)-c1ccccc1CN2CC. The first-order valence-electron chi connectivity index (χ1n) is 8.82. The van der Waals surface area contributed by atoms with E-state index in [1.165, 1.54) is 0 Å². The highest BCUT2D eigenvalue weighted by molar-refractivity contribution is 6.29. The molecule has 1 aliphatic heterocycles. The molecule has 27 heavy (non-hydrogen) atoms. The number of ether oxygens (including phenoxy) is 1. The molecule has 0 radical (unpaired) electrons. The van der Waals surface area contributed by atoms with Crippen LogP contribution in [0, 0.1) is 0 Å². The van der Waals surface area contributed by atoms with Crippen molar-refractivity contribution in [1.82, 2.24) is 9.55 Å². The molecule has 0 bridgehead atoms. The molecule has 0 spiro atoms. The Balaban J connectivity index is 2.21. The molecule has 0 saturated carbocycles. The van der Waals surface area contributed by atoms with Gasteiger partial charge in [0.15, 0.2) is 5.65 Å². The molecule has 4 rings (SSSR count). The van der Waals surface area contributed by atoms with Crippen molar-refractivity contribution in [1.29, 1.82) is 0 Å². The predicted octanol–water partition coefficient (Wildman–Crippen LogP) is 3.56. The van der Waals surface area contributed by atoms with Crippen LogP contribution in [0.2, 0.25) is 5.15 Å². The number of anilines is 1. The Hall–Kier alpha value is -2.86. The van der Waals surface area contributed by atoms with Gasteiger partial charge in [-0.25, -0.2) is 9.78 Å². The number of esters is 1. The highest BCUT2D eigenvalue weighted by Crippen LogP contribution is 2.35. The number of rotatable bonds is 3. The van der Waals surface area contributed by atoms with E-state index in [-0.39, 0.29) is 17.3 Å². The van der Waals surface area contributed by atoms with Crippen LogP contribution in [0.25, 0.3) is 16.7 Å². The summed E-state index contributed by atoms with van der Waals surface area (Å²) in [6, 6.07) is 11.0. The third kappa shape index (κ3) is 2.68. The van der Waals surface area contributed by atoms with Gasteiger partial charge in [0.2, 0.25) is 5.43 Å². The Labute approximate surface area is 161 Å². The second-order valence-corrected chi connectivity index (χ2v) is 6.62. The zero-order chi connectivity index (χ0) is 19.1. The molecule has 138 valence electrons. The summed E-state index contributed by atoms with van der Waals surface area (Å²) in [5, 5.41) is 0.616. The number of benzene rings is 1. The summed E-state index contributed by atoms with van der Waals surface area (Å²) < 4.78 is 7.05. The van der Waals surface area contributed by atoms with E-state index in [0.717, 1.165) is 11.3 Å². The summed E-state index contributed by atoms with van der Waals surface area (Å²) in [5.74, 6) is -0.122. The first-order chi connectivity index (χ1) is 13.1. The minimum Gasteiger partial charge on any atom is -0.462 e. The first-order valence-corrected chi connectivity index (χ1v) is 9.20. The maximum Gasteiger partial charge on any atom is 0.345 e. The molecule has 2 aromatic heterocycles. The third-order valence-electron chi connectivity index (χ3n) is 4.71. The van der Waals surface area contributed by atoms with E-state index in [1.54, 1.807) is 19.1 Å². The maximum absolute atomic E-state index is 13.2. The van der Waals surface area contributed by atoms with Crippen molar-refractivity contribution in [2.24, 2.45) is 0 Å². The summed E-state index contributed by atoms with van der Waals surface area (Å²) in [6.07, 6.45) is 0. The Bertz CT molecular complexity index is 1120. The van der Waals surface area contributed by atoms with Gasteiger partial charge in [0.25, 0.3) is 0 Å². The molecule has 6 nitrogen and oxygen atoms in total. The topological polar surface area (TPSA) is 64.4 Å². The smallest absolute Gasteiger partial charge is 0.345 e. The molecule has 3 heterocycles. The molecule has 7 heteroatoms. The molecule has 0 saturated heterocycles. The average molecular weight is 384 g/mol. The number of para-hydroxylation sites is 1. The van der Waals surface area contributed by atoms with Crippen LogP contribution < -0.4 is 10.3 Å². The number of carbonyl (C=O) groups is 1. The second kappa shape index (κ2) is 6.70. The largest absolute Gasteiger partial charge is 0.462 e. The lowest BCUT2D eigenvalue weighted by atomic mass is 10.0. The number of hydrogen-bond donors (Lipinski definition) is 0. The molecule has 0 atom stereocenters. The van der Waals surface area contributed by atoms with Crippen LogP contribution >= 0.6 is 11.6 Å². The van der Waals surface area contributed by atoms with Gasteiger partial charge in [0, 0.05) is 13.1 Å². The Morgan fingerprint density at radius 2 is 2.00 bits per heavy atom. The number of carbonyl (C=O) groups excluding carboxylic acids is 1. The van der Waals surface area contributed by atoms with E-state index in [4.69, 9.17) is 16.3 Å². The molecule has 0 N–H and O–H groups in total. The molecule has 0 fully saturated rings. The molecule has 0 aliphatic carbocycles. The van der Waals surface area contributed by atoms with Gasteiger partial charge in [-0.2, -0.15) is 0 Å². The van der Waals surface area contributed by atoms with Crippen molar-refractivity contribution in [3.8, 4) is 5.69 Å². The highest BCUT2D eigenvalue weighted by Gasteiger charge is 2.31. The summed E-state index contributed by atoms with van der Waals surface area (Å²) >= 11 is 6.13. The minimum atomic E-state index is -0.624. The Kier molecular flexibility index (Phi) is 4.36. The van der Waals surface area contributed by atoms with Gasteiger partial charge in [-0.3, -0.25) is 9.36 Å². The molecule has 1 aromatic carbocycles. The first kappa shape index (κ1) is 17.5. The fourth-order valence-corrected chi connectivity index (χ4v) is 3.68. The number of hydrogen-bond acceptors (Lipinski definition) is 5. The molecule has 0 unspecified atom stereocenters. The molecular weight excluding hydrogens is 366 g/mol. The maximum atomic E-state index is 13.2. The standard InChI is InChI=1S/C20H18ClN3O3/c1-3-23-11-12-7-5-6-8-14(12)24-18-13(9-10-15(21)22-18)17(25)16(19(23)24)20(26)27-4-2/h5-10H,3-4,11H2,1-2H3. The van der Waals surface area contributed by atoms with E-state index in [9.17, 15) is 9.59 Å². The van der Waals surface area contributed by atoms with Crippen LogP contribution in [0.5, 0.6) is 0 Å². The monoisotopic (exact) mass is 383 g/mol. The van der Waals surface area contributed by atoms with Crippen LogP contribution in [0.3, 0.4) is 0 Å². The van der Waals surface area contributed by atoms with Gasteiger partial charge in [0.1, 0.15) is 16.5 Å². The number of pyridine rings is 2. The van der Waals surface area contributed by atoms with Crippen molar-refractivity contribution < 1.29 is 9.53 Å². The normalized spacial score (nSPS) is 12.6. The van der Waals surface area contributed by atoms with Gasteiger partial charge < -0.3 is 9.64 Å². The molecular formula is C20H18ClN3O3. The molecule has 0 amide bonds. The number of fused-ring (bicyclic) bond motifs is 5. The van der Waals surface area contributed by atoms with E-state index in [2.05, 4.69) is 4.98 Å². The van der Waals surface area contributed by atoms with Crippen molar-refractivity contribution >= 4 is 34.4 Å². The Morgan fingerprint density at radius 3 is 2.74 bits per heavy atom. The van der Waals surface area contributed by atoms with Crippen molar-refractivity contribution in [2.45, 2.75) is 20.4 Å². The lowest BCUT2D eigenvalue weighted by molar-refractivity contribution is 0.0525. The van der Waals surface area contributed by atoms with Crippen molar-refractivity contribution in [2.75, 3.05) is 18.1 Å². The van der Waals surface area contributed by atoms with Gasteiger partial charge in [-0.1, -0.05) is 29.8 Å². The number of halogens is 1. The van der Waals surface area contributed by atoms with Gasteiger partial charge >= 0.3 is 5.97 Å². The van der Waals surface area contributed by atoms with Crippen LogP contribution in [0.15, 0.2) is 41.2 Å². The van der Waals surface area contributed by atoms with Crippen LogP contribution in [-0.2, 0) is 11.3 Å². The fraction of sp³-hybridized carbons (Fsp3) is 0.250. The Morgan fingerprint density at radius 1 is 1.22 bits per heavy atom. The fourth-order valence-electron chi connectivity index (χ4n) is 3.54. The van der Waals surface area contributed by atoms with E-state index in [0.29, 0.717) is 29.9 Å². The third-order valence-corrected chi connectivity index (χ3v) is 4.93. The van der Waals surface area contributed by atoms with E-state index < -0.39 is 11.4 Å². The minimum absolute atomic E-state index is 0.0322. The van der Waals surface area contributed by atoms with Crippen LogP contribution in [-0.4, -0.2) is 28.7 Å². The van der Waals surface area contributed by atoms with Gasteiger partial charge in [0.05, 0.1) is 17.7 Å². The number of aromatic nitrogens is 2. The van der Waals surface area contributed by atoms with Crippen LogP contribution in [0.4, 0.5) is 5.82 Å². The number of nitrogens with zero attached hydrogens (tertiary/aromatic N) is 3. The highest BCUT2D eigenvalue weighted by atomic mass is 35.5. The summed E-state index contributed by atoms with van der Waals surface area (Å²) in [4.78, 5) is 32.3. The van der Waals surface area contributed by atoms with Gasteiger partial charge in [-0.05, 0) is 37.6 Å². The summed E-state index contributed by atoms with van der Waals surface area (Å²) in [6.45, 7) is 5.10. The lowest BCUT2D eigenvalue weighted by Crippen LogP contribution is -2.36. The predicted molar refractivity (Wildman–Crippen MR) is 105 cm³/mol. The lowest BCUT2D eigenvalue weighted by Gasteiger charge is -2.34. The summed E-state index contributed by atoms with van der Waals surface area (Å²) in [7, 11) is 0. The summed E-state index contributed by atoms with van der Waals surface area (Å²) in [5.41, 5.74) is 2.03. The van der Waals surface area contributed by atoms with E-state index >= 15 is 0 Å². The second-order valence-electron chi connectivity index (χ2n) is 6.23. The molecule has 3 aromatic rings. The zero-order valence-electron chi connectivity index (χ0n) is 15.0. The van der Waals surface area contributed by atoms with E-state index in [1.807, 2.05) is 40.7 Å². The molecule has 1 aliphatic rings. The average Bonchev–Trinajstić information content (AvgIpc) is 2.67.